The molecule has 2 aromatic heterocycles. The van der Waals surface area contributed by atoms with Crippen molar-refractivity contribution in [3.05, 3.63) is 60.9 Å². The van der Waals surface area contributed by atoms with Crippen molar-refractivity contribution in [1.82, 2.24) is 9.97 Å². The van der Waals surface area contributed by atoms with Gasteiger partial charge >= 0.3 is 0 Å². The van der Waals surface area contributed by atoms with E-state index >= 15 is 0 Å². The third kappa shape index (κ3) is 5.08. The molecule has 2 heterocycles. The second kappa shape index (κ2) is 9.72. The number of ether oxygens (including phenoxy) is 1. The third-order valence-corrected chi connectivity index (χ3v) is 9.11. The second-order valence-corrected chi connectivity index (χ2v) is 11.8. The maximum atomic E-state index is 13.0. The lowest BCUT2D eigenvalue weighted by molar-refractivity contribution is 0.385. The molecule has 1 aliphatic carbocycles. The summed E-state index contributed by atoms with van der Waals surface area (Å²) in [4.78, 5) is 9.29. The molecule has 0 aliphatic heterocycles. The molecule has 2 aromatic carbocycles. The Balaban J connectivity index is 1.36. The molecule has 1 aliphatic rings. The van der Waals surface area contributed by atoms with Crippen molar-refractivity contribution in [2.24, 2.45) is 5.92 Å². The Hall–Kier alpha value is -2.97. The van der Waals surface area contributed by atoms with E-state index in [1.807, 2.05) is 30.5 Å². The lowest BCUT2D eigenvalue weighted by Crippen LogP contribution is -2.18. The van der Waals surface area contributed by atoms with Crippen molar-refractivity contribution < 1.29 is 13.2 Å². The van der Waals surface area contributed by atoms with Gasteiger partial charge < -0.3 is 10.1 Å². The maximum Gasteiger partial charge on any atom is 0.188 e. The van der Waals surface area contributed by atoms with Crippen molar-refractivity contribution in [2.75, 3.05) is 18.2 Å². The molecule has 6 nitrogen and oxygen atoms in total. The predicted molar refractivity (Wildman–Crippen MR) is 138 cm³/mol. The summed E-state index contributed by atoms with van der Waals surface area (Å²) in [7, 11) is -1.69. The van der Waals surface area contributed by atoms with Crippen LogP contribution in [0.4, 0.5) is 10.8 Å². The number of hydrogen-bond acceptors (Lipinski definition) is 7. The minimum absolute atomic E-state index is 0.236. The highest BCUT2D eigenvalue weighted by atomic mass is 32.2. The summed E-state index contributed by atoms with van der Waals surface area (Å²) >= 11 is 1.53. The fourth-order valence-electron chi connectivity index (χ4n) is 4.50. The van der Waals surface area contributed by atoms with Crippen LogP contribution in [0.25, 0.3) is 21.3 Å². The van der Waals surface area contributed by atoms with Crippen LogP contribution in [0.1, 0.15) is 32.1 Å². The molecule has 0 saturated heterocycles. The van der Waals surface area contributed by atoms with Crippen LogP contribution in [0.5, 0.6) is 5.75 Å². The minimum Gasteiger partial charge on any atom is -0.495 e. The molecule has 0 atom stereocenters. The molecule has 1 fully saturated rings. The highest BCUT2D eigenvalue weighted by molar-refractivity contribution is 7.91. The summed E-state index contributed by atoms with van der Waals surface area (Å²) in [6, 6.07) is 15.1. The third-order valence-electron chi connectivity index (χ3n) is 6.29. The second-order valence-electron chi connectivity index (χ2n) is 8.75. The highest BCUT2D eigenvalue weighted by Crippen LogP contribution is 2.33. The van der Waals surface area contributed by atoms with E-state index in [1.54, 1.807) is 31.5 Å². The van der Waals surface area contributed by atoms with E-state index in [2.05, 4.69) is 21.4 Å². The van der Waals surface area contributed by atoms with E-state index < -0.39 is 9.84 Å². The molecule has 1 N–H and O–H groups in total. The fourth-order valence-corrected chi connectivity index (χ4v) is 7.16. The number of nitrogens with one attached hydrogen (secondary N) is 1. The Bertz CT molecular complexity index is 1410. The van der Waals surface area contributed by atoms with E-state index in [9.17, 15) is 8.42 Å². The van der Waals surface area contributed by atoms with Crippen LogP contribution in [0, 0.1) is 5.92 Å². The molecular formula is C26H27N3O3S2. The molecule has 4 aromatic rings. The summed E-state index contributed by atoms with van der Waals surface area (Å²) in [5.41, 5.74) is 3.61. The summed E-state index contributed by atoms with van der Waals surface area (Å²) in [5, 5.41) is 4.02. The molecule has 1 saturated carbocycles. The molecule has 0 radical (unpaired) electrons. The van der Waals surface area contributed by atoms with Gasteiger partial charge in [-0.3, -0.25) is 4.98 Å². The number of thiazole rings is 1. The standard InChI is InChI=1S/C26H27N3O3S2/c1-32-22-12-20(15-27-16-22)19-10-11-24-25(13-19)33-26(29-24)28-21-8-5-9-23(14-21)34(30,31)17-18-6-3-2-4-7-18/h5,8-16,18H,2-4,6-7,17H2,1H3,(H,28,29). The Morgan fingerprint density at radius 2 is 1.88 bits per heavy atom. The van der Waals surface area contributed by atoms with Crippen molar-refractivity contribution >= 4 is 42.2 Å². The predicted octanol–water partition coefficient (Wildman–Crippen LogP) is 6.46. The average molecular weight is 494 g/mol. The van der Waals surface area contributed by atoms with Crippen LogP contribution < -0.4 is 10.1 Å². The van der Waals surface area contributed by atoms with Crippen LogP contribution >= 0.6 is 11.3 Å². The Morgan fingerprint density at radius 3 is 2.71 bits per heavy atom. The zero-order chi connectivity index (χ0) is 23.5. The molecule has 8 heteroatoms. The van der Waals surface area contributed by atoms with Gasteiger partial charge in [-0.2, -0.15) is 0 Å². The van der Waals surface area contributed by atoms with Gasteiger partial charge in [-0.1, -0.05) is 42.7 Å². The summed E-state index contributed by atoms with van der Waals surface area (Å²) in [6.45, 7) is 0. The maximum absolute atomic E-state index is 13.0. The number of anilines is 2. The van der Waals surface area contributed by atoms with Crippen LogP contribution in [0.3, 0.4) is 0 Å². The molecule has 0 bridgehead atoms. The van der Waals surface area contributed by atoms with Gasteiger partial charge in [-0.25, -0.2) is 13.4 Å². The number of nitrogens with zero attached hydrogens (tertiary/aromatic N) is 2. The van der Waals surface area contributed by atoms with Crippen LogP contribution in [0.15, 0.2) is 65.8 Å². The summed E-state index contributed by atoms with van der Waals surface area (Å²) in [6.07, 6.45) is 9.00. The van der Waals surface area contributed by atoms with E-state index in [4.69, 9.17) is 4.74 Å². The number of hydrogen-bond donors (Lipinski definition) is 1. The molecular weight excluding hydrogens is 466 g/mol. The first kappa shape index (κ1) is 22.8. The monoisotopic (exact) mass is 493 g/mol. The summed E-state index contributed by atoms with van der Waals surface area (Å²) in [5.74, 6) is 1.22. The molecule has 176 valence electrons. The number of methoxy groups -OCH3 is 1. The molecule has 5 rings (SSSR count). The smallest absolute Gasteiger partial charge is 0.188 e. The SMILES string of the molecule is COc1cncc(-c2ccc3nc(Nc4cccc(S(=O)(=O)CC5CCCCC5)c4)sc3c2)c1. The number of rotatable bonds is 7. The van der Waals surface area contributed by atoms with Gasteiger partial charge in [0.05, 0.1) is 34.2 Å². The van der Waals surface area contributed by atoms with Crippen LogP contribution in [-0.4, -0.2) is 31.2 Å². The van der Waals surface area contributed by atoms with E-state index in [1.165, 1.54) is 17.8 Å². The lowest BCUT2D eigenvalue weighted by Gasteiger charge is -2.21. The van der Waals surface area contributed by atoms with Gasteiger partial charge in [0.2, 0.25) is 0 Å². The zero-order valence-electron chi connectivity index (χ0n) is 19.0. The molecule has 0 unspecified atom stereocenters. The first-order valence-electron chi connectivity index (χ1n) is 11.5. The normalized spacial score (nSPS) is 14.9. The zero-order valence-corrected chi connectivity index (χ0v) is 20.7. The van der Waals surface area contributed by atoms with Crippen LogP contribution in [0.2, 0.25) is 0 Å². The summed E-state index contributed by atoms with van der Waals surface area (Å²) < 4.78 is 32.3. The minimum atomic E-state index is -3.31. The number of sulfone groups is 1. The molecule has 34 heavy (non-hydrogen) atoms. The van der Waals surface area contributed by atoms with E-state index in [0.29, 0.717) is 10.6 Å². The van der Waals surface area contributed by atoms with Crippen LogP contribution in [-0.2, 0) is 9.84 Å². The topological polar surface area (TPSA) is 81.2 Å². The first-order valence-corrected chi connectivity index (χ1v) is 14.0. The largest absolute Gasteiger partial charge is 0.495 e. The van der Waals surface area contributed by atoms with E-state index in [-0.39, 0.29) is 11.7 Å². The highest BCUT2D eigenvalue weighted by Gasteiger charge is 2.23. The van der Waals surface area contributed by atoms with Gasteiger partial charge in [-0.15, -0.1) is 0 Å². The lowest BCUT2D eigenvalue weighted by atomic mass is 9.91. The van der Waals surface area contributed by atoms with Gasteiger partial charge in [0.25, 0.3) is 0 Å². The van der Waals surface area contributed by atoms with Crippen molar-refractivity contribution in [3.63, 3.8) is 0 Å². The van der Waals surface area contributed by atoms with Crippen molar-refractivity contribution in [2.45, 2.75) is 37.0 Å². The van der Waals surface area contributed by atoms with Crippen molar-refractivity contribution in [1.29, 1.82) is 0 Å². The Morgan fingerprint density at radius 1 is 1.03 bits per heavy atom. The Labute approximate surface area is 204 Å². The molecule has 0 amide bonds. The van der Waals surface area contributed by atoms with Gasteiger partial charge in [0.1, 0.15) is 5.75 Å². The van der Waals surface area contributed by atoms with Gasteiger partial charge in [0.15, 0.2) is 15.0 Å². The first-order chi connectivity index (χ1) is 16.5. The average Bonchev–Trinajstić information content (AvgIpc) is 3.26. The van der Waals surface area contributed by atoms with Crippen molar-refractivity contribution in [3.8, 4) is 16.9 Å². The number of pyridine rings is 1. The Kier molecular flexibility index (Phi) is 6.52. The quantitative estimate of drug-likeness (QED) is 0.318. The van der Waals surface area contributed by atoms with Gasteiger partial charge in [0, 0.05) is 17.4 Å². The molecule has 0 spiro atoms. The van der Waals surface area contributed by atoms with Gasteiger partial charge in [-0.05, 0) is 60.7 Å². The number of aromatic nitrogens is 2. The fraction of sp³-hybridized carbons (Fsp3) is 0.308. The number of benzene rings is 2. The number of fused-ring (bicyclic) bond motifs is 1. The van der Waals surface area contributed by atoms with E-state index in [0.717, 1.165) is 57.8 Å².